The van der Waals surface area contributed by atoms with E-state index in [0.29, 0.717) is 0 Å². The fourth-order valence-electron chi connectivity index (χ4n) is 6.61. The smallest absolute Gasteiger partial charge is 0.149 e. The van der Waals surface area contributed by atoms with Gasteiger partial charge in [-0.3, -0.25) is 0 Å². The second kappa shape index (κ2) is 13.2. The van der Waals surface area contributed by atoms with E-state index in [0.717, 1.165) is 19.3 Å². The van der Waals surface area contributed by atoms with Gasteiger partial charge < -0.3 is 0 Å². The highest BCUT2D eigenvalue weighted by atomic mass is 35.6. The zero-order valence-corrected chi connectivity index (χ0v) is 27.6. The van der Waals surface area contributed by atoms with E-state index in [4.69, 9.17) is 11.1 Å². The maximum atomic E-state index is 8.58. The molecule has 0 amide bonds. The van der Waals surface area contributed by atoms with Crippen LogP contribution in [0.1, 0.15) is 50.1 Å². The highest BCUT2D eigenvalue weighted by Crippen LogP contribution is 2.26. The van der Waals surface area contributed by atoms with Crippen molar-refractivity contribution in [3.8, 4) is 0 Å². The van der Waals surface area contributed by atoms with Crippen LogP contribution in [0.3, 0.4) is 0 Å². The fraction of sp³-hybridized carbons (Fsp3) is 0.143. The molecule has 0 fully saturated rings. The molecule has 0 aliphatic heterocycles. The van der Waals surface area contributed by atoms with Gasteiger partial charge in [0.1, 0.15) is 0 Å². The lowest BCUT2D eigenvalue weighted by atomic mass is 10.00. The maximum Gasteiger partial charge on any atom is 0.248 e. The molecule has 6 rings (SSSR count). The molecule has 6 aromatic carbocycles. The lowest BCUT2D eigenvalue weighted by Gasteiger charge is -2.34. The summed E-state index contributed by atoms with van der Waals surface area (Å²) in [5, 5.41) is 3.88. The molecule has 0 unspecified atom stereocenters. The van der Waals surface area contributed by atoms with Crippen molar-refractivity contribution in [2.75, 3.05) is 0 Å². The van der Waals surface area contributed by atoms with Crippen LogP contribution < -0.4 is 15.6 Å². The lowest BCUT2D eigenvalue weighted by molar-refractivity contribution is 1.16. The fourth-order valence-corrected chi connectivity index (χ4v) is 12.2. The molecule has 218 valence electrons. The van der Waals surface area contributed by atoms with E-state index in [1.807, 2.05) is 0 Å². The molecule has 0 spiro atoms. The van der Waals surface area contributed by atoms with Gasteiger partial charge in [0.2, 0.25) is 7.38 Å². The third-order valence-electron chi connectivity index (χ3n) is 9.02. The Kier molecular flexibility index (Phi) is 8.98. The van der Waals surface area contributed by atoms with Crippen molar-refractivity contribution >= 4 is 34.0 Å². The highest BCUT2D eigenvalue weighted by molar-refractivity contribution is 7.40. The standard InChI is InChI=1S/C42H39ClSi/c1-31-16-13-25-40(37(31)28-34-19-7-4-8-20-34)44(43,41-26-14-17-32(2)38(41)29-35-21-9-5-10-22-35)42-27-15-18-33(3)39(42)30-36-23-11-6-12-24-36/h4-27H,28-30H2,1-3H3. The van der Waals surface area contributed by atoms with Crippen molar-refractivity contribution in [2.24, 2.45) is 0 Å². The predicted molar refractivity (Wildman–Crippen MR) is 192 cm³/mol. The van der Waals surface area contributed by atoms with Crippen LogP contribution in [0.25, 0.3) is 0 Å². The second-order valence-corrected chi connectivity index (χ2v) is 16.6. The molecule has 0 heterocycles. The summed E-state index contributed by atoms with van der Waals surface area (Å²) in [6.07, 6.45) is 2.55. The second-order valence-electron chi connectivity index (χ2n) is 11.9. The molecule has 0 bridgehead atoms. The first-order valence-corrected chi connectivity index (χ1v) is 18.5. The molecule has 0 N–H and O–H groups in total. The number of halogens is 1. The van der Waals surface area contributed by atoms with Gasteiger partial charge in [-0.25, -0.2) is 0 Å². The monoisotopic (exact) mass is 606 g/mol. The van der Waals surface area contributed by atoms with E-state index in [2.05, 4.69) is 166 Å². The van der Waals surface area contributed by atoms with Crippen molar-refractivity contribution in [3.63, 3.8) is 0 Å². The molecule has 2 heteroatoms. The van der Waals surface area contributed by atoms with Gasteiger partial charge in [0.05, 0.1) is 0 Å². The van der Waals surface area contributed by atoms with Gasteiger partial charge in [-0.1, -0.05) is 146 Å². The molecule has 0 aromatic heterocycles. The lowest BCUT2D eigenvalue weighted by Crippen LogP contribution is -2.66. The van der Waals surface area contributed by atoms with E-state index < -0.39 is 7.38 Å². The molecule has 0 aliphatic rings. The molecule has 0 saturated heterocycles. The minimum atomic E-state index is -3.09. The first-order chi connectivity index (χ1) is 21.4. The Hall–Kier alpha value is -4.17. The molecule has 44 heavy (non-hydrogen) atoms. The molecule has 0 aliphatic carbocycles. The molecule has 0 atom stereocenters. The van der Waals surface area contributed by atoms with Crippen LogP contribution in [-0.2, 0) is 19.3 Å². The van der Waals surface area contributed by atoms with Gasteiger partial charge >= 0.3 is 0 Å². The van der Waals surface area contributed by atoms with Gasteiger partial charge in [-0.05, 0) is 106 Å². The van der Waals surface area contributed by atoms with E-state index >= 15 is 0 Å². The van der Waals surface area contributed by atoms with Crippen LogP contribution in [0.2, 0.25) is 0 Å². The zero-order valence-electron chi connectivity index (χ0n) is 25.9. The molecule has 0 saturated carbocycles. The van der Waals surface area contributed by atoms with Gasteiger partial charge in [-0.15, -0.1) is 11.1 Å². The van der Waals surface area contributed by atoms with Crippen LogP contribution in [0.5, 0.6) is 0 Å². The highest BCUT2D eigenvalue weighted by Gasteiger charge is 2.43. The zero-order chi connectivity index (χ0) is 30.5. The van der Waals surface area contributed by atoms with E-state index in [1.54, 1.807) is 0 Å². The van der Waals surface area contributed by atoms with Crippen LogP contribution in [0.15, 0.2) is 146 Å². The van der Waals surface area contributed by atoms with E-state index in [1.165, 1.54) is 65.6 Å². The normalized spacial score (nSPS) is 11.5. The largest absolute Gasteiger partial charge is 0.248 e. The quantitative estimate of drug-likeness (QED) is 0.0878. The van der Waals surface area contributed by atoms with Gasteiger partial charge in [-0.2, -0.15) is 0 Å². The Labute approximate surface area is 268 Å². The number of aryl methyl sites for hydroxylation is 3. The Bertz CT molecular complexity index is 1640. The summed E-state index contributed by atoms with van der Waals surface area (Å²) in [4.78, 5) is 0. The topological polar surface area (TPSA) is 0 Å². The van der Waals surface area contributed by atoms with Crippen molar-refractivity contribution in [1.82, 2.24) is 0 Å². The van der Waals surface area contributed by atoms with Crippen LogP contribution in [0, 0.1) is 20.8 Å². The van der Waals surface area contributed by atoms with Crippen LogP contribution in [-0.4, -0.2) is 7.38 Å². The number of benzene rings is 6. The molecule has 0 nitrogen and oxygen atoms in total. The Morgan fingerprint density at radius 3 is 0.909 bits per heavy atom. The van der Waals surface area contributed by atoms with Gasteiger partial charge in [0, 0.05) is 0 Å². The minimum absolute atomic E-state index is 0.851. The Morgan fingerprint density at radius 1 is 0.364 bits per heavy atom. The molecule has 6 aromatic rings. The summed E-state index contributed by atoms with van der Waals surface area (Å²) in [5.41, 5.74) is 11.8. The van der Waals surface area contributed by atoms with E-state index in [9.17, 15) is 0 Å². The Morgan fingerprint density at radius 2 is 0.636 bits per heavy atom. The number of hydrogen-bond acceptors (Lipinski definition) is 0. The van der Waals surface area contributed by atoms with Crippen molar-refractivity contribution < 1.29 is 0 Å². The molecular weight excluding hydrogens is 568 g/mol. The summed E-state index contributed by atoms with van der Waals surface area (Å²) in [6, 6.07) is 52.8. The van der Waals surface area contributed by atoms with Crippen molar-refractivity contribution in [1.29, 1.82) is 0 Å². The number of rotatable bonds is 9. The third-order valence-corrected chi connectivity index (χ3v) is 14.5. The summed E-state index contributed by atoms with van der Waals surface area (Å²) < 4.78 is 0. The maximum absolute atomic E-state index is 8.58. The first-order valence-electron chi connectivity index (χ1n) is 15.5. The molecule has 0 radical (unpaired) electrons. The average molecular weight is 607 g/mol. The summed E-state index contributed by atoms with van der Waals surface area (Å²) in [6.45, 7) is 6.74. The van der Waals surface area contributed by atoms with Crippen LogP contribution >= 0.6 is 11.1 Å². The summed E-state index contributed by atoms with van der Waals surface area (Å²) in [5.74, 6) is 0. The minimum Gasteiger partial charge on any atom is -0.149 e. The van der Waals surface area contributed by atoms with Gasteiger partial charge in [0.25, 0.3) is 0 Å². The van der Waals surface area contributed by atoms with Gasteiger partial charge in [0.15, 0.2) is 0 Å². The number of hydrogen-bond donors (Lipinski definition) is 0. The van der Waals surface area contributed by atoms with E-state index in [-0.39, 0.29) is 0 Å². The van der Waals surface area contributed by atoms with Crippen molar-refractivity contribution in [3.05, 3.63) is 196 Å². The SMILES string of the molecule is Cc1cccc([Si](Cl)(c2cccc(C)c2Cc2ccccc2)c2cccc(C)c2Cc2ccccc2)c1Cc1ccccc1. The Balaban J connectivity index is 1.65. The third kappa shape index (κ3) is 6.08. The molecular formula is C42H39ClSi. The summed E-state index contributed by atoms with van der Waals surface area (Å²) in [7, 11) is -3.09. The van der Waals surface area contributed by atoms with Crippen molar-refractivity contribution in [2.45, 2.75) is 40.0 Å². The van der Waals surface area contributed by atoms with Crippen LogP contribution in [0.4, 0.5) is 0 Å². The predicted octanol–water partition coefficient (Wildman–Crippen LogP) is 8.59. The average Bonchev–Trinajstić information content (AvgIpc) is 3.05. The first kappa shape index (κ1) is 29.9. The summed E-state index contributed by atoms with van der Waals surface area (Å²) >= 11 is 8.58.